The Bertz CT molecular complexity index is 1080. The zero-order valence-corrected chi connectivity index (χ0v) is 20.2. The van der Waals surface area contributed by atoms with E-state index in [1.807, 2.05) is 23.1 Å². The molecule has 2 aliphatic rings. The van der Waals surface area contributed by atoms with Crippen LogP contribution >= 0.6 is 0 Å². The first-order valence-corrected chi connectivity index (χ1v) is 12.8. The van der Waals surface area contributed by atoms with Crippen molar-refractivity contribution in [2.24, 2.45) is 0 Å². The molecule has 1 aromatic heterocycles. The molecule has 7 heteroatoms. The molecule has 0 spiro atoms. The summed E-state index contributed by atoms with van der Waals surface area (Å²) >= 11 is 0. The van der Waals surface area contributed by atoms with Gasteiger partial charge in [-0.15, -0.1) is 0 Å². The van der Waals surface area contributed by atoms with Gasteiger partial charge >= 0.3 is 0 Å². The molecule has 0 saturated carbocycles. The number of carbonyl (C=O) groups is 1. The zero-order valence-electron chi connectivity index (χ0n) is 20.2. The van der Waals surface area contributed by atoms with E-state index >= 15 is 0 Å². The summed E-state index contributed by atoms with van der Waals surface area (Å²) in [4.78, 5) is 16.9. The average molecular weight is 474 g/mol. The van der Waals surface area contributed by atoms with E-state index in [0.717, 1.165) is 55.0 Å². The summed E-state index contributed by atoms with van der Waals surface area (Å²) in [5.74, 6) is 0.157. The topological polar surface area (TPSA) is 84.5 Å². The van der Waals surface area contributed by atoms with E-state index < -0.39 is 0 Å². The molecule has 0 atom stereocenters. The molecule has 2 saturated heterocycles. The van der Waals surface area contributed by atoms with Crippen molar-refractivity contribution in [2.45, 2.75) is 50.8 Å². The number of hydrogen-bond acceptors (Lipinski definition) is 5. The van der Waals surface area contributed by atoms with Crippen LogP contribution in [0.1, 0.15) is 36.9 Å². The molecular weight excluding hydrogens is 438 g/mol. The van der Waals surface area contributed by atoms with Crippen LogP contribution in [-0.4, -0.2) is 64.4 Å². The lowest BCUT2D eigenvalue weighted by atomic mass is 10.0. The predicted molar refractivity (Wildman–Crippen MR) is 138 cm³/mol. The first kappa shape index (κ1) is 23.6. The number of aliphatic hydroxyl groups excluding tert-OH is 1. The van der Waals surface area contributed by atoms with Gasteiger partial charge in [-0.05, 0) is 49.4 Å². The number of H-pyrrole nitrogens is 1. The lowest BCUT2D eigenvalue weighted by Gasteiger charge is -2.34. The van der Waals surface area contributed by atoms with Gasteiger partial charge in [0.1, 0.15) is 0 Å². The number of rotatable bonds is 7. The lowest BCUT2D eigenvalue weighted by Crippen LogP contribution is -2.42. The van der Waals surface area contributed by atoms with Crippen LogP contribution in [-0.2, 0) is 17.8 Å². The normalized spacial score (nSPS) is 17.6. The highest BCUT2D eigenvalue weighted by molar-refractivity contribution is 5.79. The van der Waals surface area contributed by atoms with E-state index in [1.165, 1.54) is 5.69 Å². The molecule has 184 valence electrons. The molecule has 0 radical (unpaired) electrons. The summed E-state index contributed by atoms with van der Waals surface area (Å²) in [7, 11) is 0. The Hall–Kier alpha value is -3.16. The van der Waals surface area contributed by atoms with Crippen LogP contribution in [0.15, 0.2) is 60.7 Å². The van der Waals surface area contributed by atoms with E-state index in [4.69, 9.17) is 0 Å². The van der Waals surface area contributed by atoms with Crippen LogP contribution in [0.4, 0.5) is 5.69 Å². The van der Waals surface area contributed by atoms with Crippen LogP contribution in [0.3, 0.4) is 0 Å². The third-order valence-corrected chi connectivity index (χ3v) is 7.25. The third-order valence-electron chi connectivity index (χ3n) is 7.25. The van der Waals surface area contributed by atoms with Gasteiger partial charge in [0.15, 0.2) is 0 Å². The Labute approximate surface area is 207 Å². The van der Waals surface area contributed by atoms with E-state index in [2.05, 4.69) is 62.9 Å². The highest BCUT2D eigenvalue weighted by atomic mass is 16.3. The number of aliphatic hydroxyl groups is 1. The molecule has 3 N–H and O–H groups in total. The molecule has 35 heavy (non-hydrogen) atoms. The Kier molecular flexibility index (Phi) is 7.45. The summed E-state index contributed by atoms with van der Waals surface area (Å²) in [6, 6.07) is 21.3. The molecule has 2 aliphatic heterocycles. The molecule has 3 aromatic rings. The molecule has 2 aromatic carbocycles. The largest absolute Gasteiger partial charge is 0.393 e. The number of carbonyl (C=O) groups excluding carboxylic acids is 1. The molecule has 3 heterocycles. The molecule has 1 amide bonds. The van der Waals surface area contributed by atoms with Gasteiger partial charge in [-0.3, -0.25) is 9.89 Å². The predicted octanol–water partition coefficient (Wildman–Crippen LogP) is 3.36. The second-order valence-corrected chi connectivity index (χ2v) is 9.74. The van der Waals surface area contributed by atoms with Crippen molar-refractivity contribution >= 4 is 11.6 Å². The Balaban J connectivity index is 1.06. The number of nitrogens with one attached hydrogen (secondary N) is 2. The fourth-order valence-corrected chi connectivity index (χ4v) is 5.03. The van der Waals surface area contributed by atoms with Gasteiger partial charge in [0, 0.05) is 55.7 Å². The number of nitrogens with zero attached hydrogens (tertiary/aromatic N) is 3. The summed E-state index contributed by atoms with van der Waals surface area (Å²) in [6.07, 6.45) is 3.75. The second kappa shape index (κ2) is 11.1. The van der Waals surface area contributed by atoms with E-state index in [9.17, 15) is 9.90 Å². The molecule has 7 nitrogen and oxygen atoms in total. The monoisotopic (exact) mass is 473 g/mol. The number of anilines is 1. The highest BCUT2D eigenvalue weighted by Crippen LogP contribution is 2.22. The van der Waals surface area contributed by atoms with Gasteiger partial charge < -0.3 is 20.2 Å². The second-order valence-electron chi connectivity index (χ2n) is 9.74. The molecule has 2 fully saturated rings. The van der Waals surface area contributed by atoms with Gasteiger partial charge in [0.2, 0.25) is 5.91 Å². The minimum Gasteiger partial charge on any atom is -0.393 e. The standard InChI is InChI=1S/C28H35N5O2/c34-26-12-16-33(17-13-26)28(35)18-21-6-8-25(9-7-21)32-14-10-23(11-15-32)29-20-24-19-27(31-30-24)22-4-2-1-3-5-22/h1-9,19,23,26,29,34H,10-18,20H2,(H,30,31). The van der Waals surface area contributed by atoms with Gasteiger partial charge in [-0.25, -0.2) is 0 Å². The van der Waals surface area contributed by atoms with Crippen molar-refractivity contribution < 1.29 is 9.90 Å². The van der Waals surface area contributed by atoms with Crippen LogP contribution in [0.2, 0.25) is 0 Å². The number of piperidine rings is 2. The number of amides is 1. The van der Waals surface area contributed by atoms with Crippen LogP contribution < -0.4 is 10.2 Å². The summed E-state index contributed by atoms with van der Waals surface area (Å²) in [6.45, 7) is 4.16. The van der Waals surface area contributed by atoms with Gasteiger partial charge in [-0.1, -0.05) is 42.5 Å². The minimum absolute atomic E-state index is 0.157. The van der Waals surface area contributed by atoms with Gasteiger partial charge in [0.25, 0.3) is 0 Å². The van der Waals surface area contributed by atoms with Crippen LogP contribution in [0.25, 0.3) is 11.3 Å². The third kappa shape index (κ3) is 6.10. The van der Waals surface area contributed by atoms with Crippen molar-refractivity contribution in [1.29, 1.82) is 0 Å². The Morgan fingerprint density at radius 2 is 1.69 bits per heavy atom. The smallest absolute Gasteiger partial charge is 0.226 e. The first-order valence-electron chi connectivity index (χ1n) is 12.8. The summed E-state index contributed by atoms with van der Waals surface area (Å²) in [5, 5.41) is 20.9. The number of hydrogen-bond donors (Lipinski definition) is 3. The maximum Gasteiger partial charge on any atom is 0.226 e. The molecule has 5 rings (SSSR count). The minimum atomic E-state index is -0.254. The SMILES string of the molecule is O=C(Cc1ccc(N2CCC(NCc3cc(-c4ccccc4)n[nH]3)CC2)cc1)N1CCC(O)CC1. The lowest BCUT2D eigenvalue weighted by molar-refractivity contribution is -0.132. The van der Waals surface area contributed by atoms with Crippen molar-refractivity contribution in [3.63, 3.8) is 0 Å². The number of aromatic amines is 1. The maximum absolute atomic E-state index is 12.6. The molecular formula is C28H35N5O2. The average Bonchev–Trinajstić information content (AvgIpc) is 3.38. The molecule has 0 aliphatic carbocycles. The number of aromatic nitrogens is 2. The van der Waals surface area contributed by atoms with Crippen molar-refractivity contribution in [2.75, 3.05) is 31.1 Å². The fourth-order valence-electron chi connectivity index (χ4n) is 5.03. The van der Waals surface area contributed by atoms with E-state index in [1.54, 1.807) is 0 Å². The summed E-state index contributed by atoms with van der Waals surface area (Å²) in [5.41, 5.74) is 5.50. The van der Waals surface area contributed by atoms with Crippen LogP contribution in [0, 0.1) is 0 Å². The fraction of sp³-hybridized carbons (Fsp3) is 0.429. The van der Waals surface area contributed by atoms with E-state index in [0.29, 0.717) is 38.4 Å². The van der Waals surface area contributed by atoms with Crippen molar-refractivity contribution in [1.82, 2.24) is 20.4 Å². The highest BCUT2D eigenvalue weighted by Gasteiger charge is 2.22. The Morgan fingerprint density at radius 1 is 0.971 bits per heavy atom. The zero-order chi connectivity index (χ0) is 24.0. The van der Waals surface area contributed by atoms with Crippen molar-refractivity contribution in [3.05, 3.63) is 71.9 Å². The summed E-state index contributed by atoms with van der Waals surface area (Å²) < 4.78 is 0. The van der Waals surface area contributed by atoms with Crippen molar-refractivity contribution in [3.8, 4) is 11.3 Å². The van der Waals surface area contributed by atoms with Gasteiger partial charge in [0.05, 0.1) is 18.2 Å². The number of benzene rings is 2. The molecule has 0 unspecified atom stereocenters. The quantitative estimate of drug-likeness (QED) is 0.490. The van der Waals surface area contributed by atoms with Crippen LogP contribution in [0.5, 0.6) is 0 Å². The number of likely N-dealkylation sites (tertiary alicyclic amines) is 1. The van der Waals surface area contributed by atoms with E-state index in [-0.39, 0.29) is 12.0 Å². The van der Waals surface area contributed by atoms with Gasteiger partial charge in [-0.2, -0.15) is 5.10 Å². The maximum atomic E-state index is 12.6. The molecule has 0 bridgehead atoms. The first-order chi connectivity index (χ1) is 17.1. The Morgan fingerprint density at radius 3 is 2.40 bits per heavy atom.